The van der Waals surface area contributed by atoms with E-state index in [1.165, 1.54) is 13.2 Å². The number of halogens is 1. The van der Waals surface area contributed by atoms with E-state index in [0.717, 1.165) is 88.6 Å². The monoisotopic (exact) mass is 791 g/mol. The molecule has 2 unspecified atom stereocenters. The Bertz CT molecular complexity index is 2460. The SMILES string of the molecule is COC(=O)N[C@@H](C(C)C)C(O)N1CCC[C@H]1c1ncc(-c2cc(F)c3c(c2)OC(c2cnc(C4CC4)s2)n2c-3cc3cc(-c4cnc([C@@H]5CCCN5)[nH]4)ccc32)[nH]1. The molecule has 3 aliphatic heterocycles. The minimum Gasteiger partial charge on any atom is -0.464 e. The number of imidazole rings is 2. The Morgan fingerprint density at radius 1 is 1.00 bits per heavy atom. The van der Waals surface area contributed by atoms with E-state index in [9.17, 15) is 9.90 Å². The molecule has 0 radical (unpaired) electrons. The summed E-state index contributed by atoms with van der Waals surface area (Å²) in [6.07, 6.45) is 9.53. The number of nitrogens with zero attached hydrogens (tertiary/aromatic N) is 5. The second-order valence-corrected chi connectivity index (χ2v) is 17.2. The zero-order valence-corrected chi connectivity index (χ0v) is 32.9. The van der Waals surface area contributed by atoms with Crippen LogP contribution in [0.25, 0.3) is 44.7 Å². The van der Waals surface area contributed by atoms with Crippen LogP contribution in [0, 0.1) is 11.7 Å². The average Bonchev–Trinajstić information content (AvgIpc) is 3.94. The first-order chi connectivity index (χ1) is 27.7. The smallest absolute Gasteiger partial charge is 0.407 e. The Morgan fingerprint density at radius 3 is 2.58 bits per heavy atom. The molecule has 13 nitrogen and oxygen atoms in total. The third-order valence-electron chi connectivity index (χ3n) is 12.0. The fourth-order valence-corrected chi connectivity index (χ4v) is 9.95. The quantitative estimate of drug-likeness (QED) is 0.0935. The Balaban J connectivity index is 0.998. The number of ether oxygens (including phenoxy) is 2. The number of aliphatic hydroxyl groups is 1. The number of aromatic amines is 2. The average molecular weight is 792 g/mol. The van der Waals surface area contributed by atoms with Crippen molar-refractivity contribution in [2.75, 3.05) is 20.2 Å². The van der Waals surface area contributed by atoms with Crippen LogP contribution in [-0.4, -0.2) is 78.1 Å². The number of likely N-dealkylation sites (tertiary alicyclic amines) is 1. The molecule has 5 N–H and O–H groups in total. The van der Waals surface area contributed by atoms with Crippen LogP contribution in [0.4, 0.5) is 9.18 Å². The lowest BCUT2D eigenvalue weighted by Crippen LogP contribution is -2.54. The van der Waals surface area contributed by atoms with Crippen LogP contribution >= 0.6 is 11.3 Å². The number of rotatable bonds is 10. The van der Waals surface area contributed by atoms with Gasteiger partial charge in [0.15, 0.2) is 0 Å². The second-order valence-electron chi connectivity index (χ2n) is 16.1. The highest BCUT2D eigenvalue weighted by atomic mass is 32.1. The number of carbonyl (C=O) groups excluding carboxylic acids is 1. The van der Waals surface area contributed by atoms with Crippen molar-refractivity contribution in [3.05, 3.63) is 82.3 Å². The number of amides is 1. The molecule has 6 aromatic rings. The number of methoxy groups -OCH3 is 1. The summed E-state index contributed by atoms with van der Waals surface area (Å²) in [5.41, 5.74) is 5.26. The molecule has 296 valence electrons. The summed E-state index contributed by atoms with van der Waals surface area (Å²) in [5, 5.41) is 19.9. The molecule has 2 saturated heterocycles. The Morgan fingerprint density at radius 2 is 1.81 bits per heavy atom. The molecule has 4 aromatic heterocycles. The zero-order chi connectivity index (χ0) is 38.9. The largest absolute Gasteiger partial charge is 0.464 e. The first kappa shape index (κ1) is 36.3. The molecule has 1 amide bonds. The number of carbonyl (C=O) groups is 1. The first-order valence-corrected chi connectivity index (χ1v) is 20.8. The van der Waals surface area contributed by atoms with Crippen LogP contribution in [0.3, 0.4) is 0 Å². The lowest BCUT2D eigenvalue weighted by molar-refractivity contribution is -0.0440. The molecule has 7 heterocycles. The van der Waals surface area contributed by atoms with Gasteiger partial charge in [0.2, 0.25) is 6.23 Å². The van der Waals surface area contributed by atoms with Gasteiger partial charge in [-0.15, -0.1) is 11.3 Å². The lowest BCUT2D eigenvalue weighted by Gasteiger charge is -2.35. The van der Waals surface area contributed by atoms with Crippen molar-refractivity contribution in [3.63, 3.8) is 0 Å². The van der Waals surface area contributed by atoms with Gasteiger partial charge in [0.1, 0.15) is 29.4 Å². The molecule has 10 rings (SSSR count). The number of hydrogen-bond acceptors (Lipinski definition) is 10. The predicted octanol–water partition coefficient (Wildman–Crippen LogP) is 7.76. The summed E-state index contributed by atoms with van der Waals surface area (Å²) >= 11 is 1.67. The number of aromatic nitrogens is 6. The van der Waals surface area contributed by atoms with Crippen molar-refractivity contribution >= 4 is 28.3 Å². The van der Waals surface area contributed by atoms with E-state index in [0.29, 0.717) is 40.9 Å². The first-order valence-electron chi connectivity index (χ1n) is 20.0. The van der Waals surface area contributed by atoms with Crippen molar-refractivity contribution in [3.8, 4) is 39.5 Å². The molecule has 0 spiro atoms. The third kappa shape index (κ3) is 6.50. The Labute approximate surface area is 333 Å². The maximum absolute atomic E-state index is 16.7. The van der Waals surface area contributed by atoms with Gasteiger partial charge in [-0.05, 0) is 81.3 Å². The summed E-state index contributed by atoms with van der Waals surface area (Å²) in [6.45, 7) is 5.52. The number of thiazole rings is 1. The Hall–Kier alpha value is -5.09. The van der Waals surface area contributed by atoms with E-state index in [1.807, 2.05) is 37.2 Å². The molecule has 15 heteroatoms. The zero-order valence-electron chi connectivity index (χ0n) is 32.1. The number of hydrogen-bond donors (Lipinski definition) is 5. The van der Waals surface area contributed by atoms with Gasteiger partial charge in [0.05, 0.1) is 75.7 Å². The highest BCUT2D eigenvalue weighted by molar-refractivity contribution is 7.11. The van der Waals surface area contributed by atoms with Crippen LogP contribution in [0.15, 0.2) is 55.0 Å². The molecule has 1 saturated carbocycles. The maximum atomic E-state index is 16.7. The van der Waals surface area contributed by atoms with E-state index >= 15 is 4.39 Å². The highest BCUT2D eigenvalue weighted by Crippen LogP contribution is 2.50. The Kier molecular flexibility index (Phi) is 9.15. The molecule has 3 fully saturated rings. The molecular weight excluding hydrogens is 746 g/mol. The van der Waals surface area contributed by atoms with Crippen molar-refractivity contribution in [2.45, 2.75) is 88.9 Å². The van der Waals surface area contributed by atoms with E-state index < -0.39 is 30.4 Å². The van der Waals surface area contributed by atoms with Crippen LogP contribution in [-0.2, 0) is 4.74 Å². The summed E-state index contributed by atoms with van der Waals surface area (Å²) in [6, 6.07) is 11.2. The van der Waals surface area contributed by atoms with Gasteiger partial charge in [-0.25, -0.2) is 24.1 Å². The lowest BCUT2D eigenvalue weighted by atomic mass is 10.0. The minimum atomic E-state index is -0.960. The summed E-state index contributed by atoms with van der Waals surface area (Å²) < 4.78 is 30.5. The molecular formula is C42H46FN9O4S. The van der Waals surface area contributed by atoms with Gasteiger partial charge in [-0.1, -0.05) is 19.9 Å². The topological polar surface area (TPSA) is 158 Å². The van der Waals surface area contributed by atoms with Gasteiger partial charge in [0, 0.05) is 35.2 Å². The fourth-order valence-electron chi connectivity index (χ4n) is 8.84. The van der Waals surface area contributed by atoms with Crippen molar-refractivity contribution in [1.29, 1.82) is 0 Å². The summed E-state index contributed by atoms with van der Waals surface area (Å²) in [7, 11) is 1.31. The van der Waals surface area contributed by atoms with Gasteiger partial charge < -0.3 is 35.2 Å². The number of benzene rings is 2. The van der Waals surface area contributed by atoms with E-state index in [1.54, 1.807) is 17.5 Å². The van der Waals surface area contributed by atoms with E-state index in [2.05, 4.69) is 49.4 Å². The number of alkyl carbamates (subject to hydrolysis) is 1. The molecule has 5 atom stereocenters. The normalized spacial score (nSPS) is 21.8. The third-order valence-corrected chi connectivity index (χ3v) is 13.2. The fraction of sp³-hybridized carbons (Fsp3) is 0.429. The van der Waals surface area contributed by atoms with Crippen molar-refractivity contribution in [2.24, 2.45) is 5.92 Å². The number of H-pyrrole nitrogens is 2. The molecule has 1 aliphatic carbocycles. The maximum Gasteiger partial charge on any atom is 0.407 e. The van der Waals surface area contributed by atoms with E-state index in [4.69, 9.17) is 24.4 Å². The van der Waals surface area contributed by atoms with Crippen LogP contribution < -0.4 is 15.4 Å². The van der Waals surface area contributed by atoms with Gasteiger partial charge >= 0.3 is 6.09 Å². The molecule has 0 bridgehead atoms. The molecule has 4 aliphatic rings. The van der Waals surface area contributed by atoms with Crippen LogP contribution in [0.5, 0.6) is 5.75 Å². The van der Waals surface area contributed by atoms with Gasteiger partial charge in [-0.3, -0.25) is 9.47 Å². The summed E-state index contributed by atoms with van der Waals surface area (Å²) in [4.78, 5) is 36.2. The standard InChI is InChI=1S/C42H46FN9O4S/c1-21(2)36(50-42(54)55-3)40(53)51-13-5-7-31(51)38-46-19-29(49-38)24-15-26(43)35-32-16-25-14-23(28-18-45-37(48-28)27-6-4-12-44-27)10-11-30(25)52(32)41(56-33(35)17-24)34-20-47-39(57-34)22-8-9-22/h10-11,14-22,27,31,36,40-41,44,53H,4-9,12-13H2,1-3H3,(H,45,48)(H,46,49)(H,50,54)/t27-,31-,36-,40?,41?/m0/s1. The highest BCUT2D eigenvalue weighted by Gasteiger charge is 2.39. The number of fused-ring (bicyclic) bond motifs is 5. The van der Waals surface area contributed by atoms with Crippen LogP contribution in [0.2, 0.25) is 0 Å². The summed E-state index contributed by atoms with van der Waals surface area (Å²) in [5.74, 6) is 2.10. The molecule has 57 heavy (non-hydrogen) atoms. The van der Waals surface area contributed by atoms with Gasteiger partial charge in [0.25, 0.3) is 0 Å². The molecule has 2 aromatic carbocycles. The van der Waals surface area contributed by atoms with Crippen molar-refractivity contribution in [1.82, 2.24) is 45.0 Å². The van der Waals surface area contributed by atoms with Crippen LogP contribution in [0.1, 0.15) is 98.1 Å². The predicted molar refractivity (Wildman–Crippen MR) is 214 cm³/mol. The van der Waals surface area contributed by atoms with E-state index in [-0.39, 0.29) is 18.0 Å². The number of nitrogens with one attached hydrogen (secondary N) is 4. The van der Waals surface area contributed by atoms with Gasteiger partial charge in [-0.2, -0.15) is 0 Å². The second kappa shape index (κ2) is 14.4. The minimum absolute atomic E-state index is 0.0515. The number of aliphatic hydroxyl groups excluding tert-OH is 1. The van der Waals surface area contributed by atoms with Crippen molar-refractivity contribution < 1.29 is 23.8 Å².